The number of nitrogens with zero attached hydrogens (tertiary/aromatic N) is 2. The van der Waals surface area contributed by atoms with Gasteiger partial charge in [-0.25, -0.2) is 4.98 Å². The van der Waals surface area contributed by atoms with Crippen LogP contribution in [0.5, 0.6) is 11.5 Å². The van der Waals surface area contributed by atoms with Crippen molar-refractivity contribution in [2.45, 2.75) is 6.10 Å². The zero-order chi connectivity index (χ0) is 19.8. The maximum atomic E-state index is 6.15. The zero-order valence-electron chi connectivity index (χ0n) is 15.3. The van der Waals surface area contributed by atoms with Gasteiger partial charge in [0.2, 0.25) is 5.95 Å². The lowest BCUT2D eigenvalue weighted by atomic mass is 10.1. The number of para-hydroxylation sites is 2. The van der Waals surface area contributed by atoms with Crippen LogP contribution in [0.25, 0.3) is 10.9 Å². The number of halogens is 1. The second kappa shape index (κ2) is 7.25. The minimum Gasteiger partial charge on any atom is -0.485 e. The molecule has 3 aromatic carbocycles. The second-order valence-electron chi connectivity index (χ2n) is 6.71. The van der Waals surface area contributed by atoms with E-state index in [9.17, 15) is 0 Å². The number of anilines is 3. The summed E-state index contributed by atoms with van der Waals surface area (Å²) in [5.74, 6) is 2.36. The fraction of sp³-hybridized carbons (Fsp3) is 0.0909. The van der Waals surface area contributed by atoms with Crippen LogP contribution in [0.15, 0.2) is 71.2 Å². The lowest BCUT2D eigenvalue weighted by Gasteiger charge is -2.27. The Kier molecular flexibility index (Phi) is 4.44. The molecular weight excluding hydrogens is 432 g/mol. The molecule has 4 aromatic rings. The Balaban J connectivity index is 1.53. The van der Waals surface area contributed by atoms with Gasteiger partial charge in [-0.15, -0.1) is 0 Å². The molecule has 0 amide bonds. The van der Waals surface area contributed by atoms with Gasteiger partial charge in [0.1, 0.15) is 12.4 Å². The molecule has 2 heterocycles. The van der Waals surface area contributed by atoms with Crippen LogP contribution in [-0.2, 0) is 0 Å². The van der Waals surface area contributed by atoms with E-state index >= 15 is 0 Å². The molecule has 1 aliphatic rings. The van der Waals surface area contributed by atoms with Crippen molar-refractivity contribution in [2.75, 3.05) is 17.7 Å². The highest BCUT2D eigenvalue weighted by Crippen LogP contribution is 2.37. The minimum absolute atomic E-state index is 0.217. The fourth-order valence-corrected chi connectivity index (χ4v) is 3.75. The van der Waals surface area contributed by atoms with Gasteiger partial charge in [0.05, 0.1) is 5.52 Å². The van der Waals surface area contributed by atoms with E-state index in [1.807, 2.05) is 66.7 Å². The van der Waals surface area contributed by atoms with Crippen molar-refractivity contribution >= 4 is 44.3 Å². The molecule has 1 aromatic heterocycles. The van der Waals surface area contributed by atoms with Gasteiger partial charge in [-0.1, -0.05) is 40.2 Å². The SMILES string of the molecule is Nc1nc(Nc2cccc(Br)c2)c2cc(C3COc4ccccc4O3)ccc2n1. The van der Waals surface area contributed by atoms with Crippen molar-refractivity contribution in [3.8, 4) is 11.5 Å². The van der Waals surface area contributed by atoms with E-state index in [1.165, 1.54) is 0 Å². The van der Waals surface area contributed by atoms with Gasteiger partial charge in [0.25, 0.3) is 0 Å². The van der Waals surface area contributed by atoms with Crippen molar-refractivity contribution in [1.29, 1.82) is 0 Å². The van der Waals surface area contributed by atoms with Crippen molar-refractivity contribution in [2.24, 2.45) is 0 Å². The standard InChI is InChI=1S/C22H17BrN4O2/c23-14-4-3-5-15(11-14)25-21-16-10-13(8-9-17(16)26-22(24)27-21)20-12-28-18-6-1-2-7-19(18)29-20/h1-11,20H,12H2,(H3,24,25,26,27). The maximum Gasteiger partial charge on any atom is 0.222 e. The largest absolute Gasteiger partial charge is 0.485 e. The molecule has 0 fully saturated rings. The quantitative estimate of drug-likeness (QED) is 0.446. The van der Waals surface area contributed by atoms with Crippen LogP contribution >= 0.6 is 15.9 Å². The van der Waals surface area contributed by atoms with Gasteiger partial charge in [-0.2, -0.15) is 4.98 Å². The van der Waals surface area contributed by atoms with Crippen molar-refractivity contribution in [1.82, 2.24) is 9.97 Å². The first-order valence-corrected chi connectivity index (χ1v) is 9.93. The number of ether oxygens (including phenoxy) is 2. The smallest absolute Gasteiger partial charge is 0.222 e. The summed E-state index contributed by atoms with van der Waals surface area (Å²) in [7, 11) is 0. The average molecular weight is 449 g/mol. The van der Waals surface area contributed by atoms with Gasteiger partial charge < -0.3 is 20.5 Å². The predicted octanol–water partition coefficient (Wildman–Crippen LogP) is 5.23. The third-order valence-electron chi connectivity index (χ3n) is 4.70. The fourth-order valence-electron chi connectivity index (χ4n) is 3.35. The topological polar surface area (TPSA) is 82.3 Å². The summed E-state index contributed by atoms with van der Waals surface area (Å²) >= 11 is 3.49. The number of hydrogen-bond acceptors (Lipinski definition) is 6. The Morgan fingerprint density at radius 2 is 1.83 bits per heavy atom. The Hall–Kier alpha value is -3.32. The number of nitrogens with one attached hydrogen (secondary N) is 1. The number of fused-ring (bicyclic) bond motifs is 2. The van der Waals surface area contributed by atoms with Gasteiger partial charge >= 0.3 is 0 Å². The zero-order valence-corrected chi connectivity index (χ0v) is 16.9. The van der Waals surface area contributed by atoms with Gasteiger partial charge in [0, 0.05) is 15.5 Å². The van der Waals surface area contributed by atoms with Crippen molar-refractivity contribution in [3.63, 3.8) is 0 Å². The van der Waals surface area contributed by atoms with Crippen LogP contribution in [0.3, 0.4) is 0 Å². The maximum absolute atomic E-state index is 6.15. The molecule has 6 nitrogen and oxygen atoms in total. The third kappa shape index (κ3) is 3.56. The van der Waals surface area contributed by atoms with E-state index in [-0.39, 0.29) is 12.1 Å². The van der Waals surface area contributed by atoms with E-state index in [0.717, 1.165) is 38.1 Å². The van der Waals surface area contributed by atoms with E-state index in [0.29, 0.717) is 12.4 Å². The summed E-state index contributed by atoms with van der Waals surface area (Å²) in [4.78, 5) is 8.78. The average Bonchev–Trinajstić information content (AvgIpc) is 2.73. The van der Waals surface area contributed by atoms with E-state index in [2.05, 4.69) is 31.2 Å². The molecule has 0 bridgehead atoms. The van der Waals surface area contributed by atoms with Crippen LogP contribution in [0.1, 0.15) is 11.7 Å². The Morgan fingerprint density at radius 3 is 2.69 bits per heavy atom. The van der Waals surface area contributed by atoms with E-state index in [4.69, 9.17) is 15.2 Å². The highest BCUT2D eigenvalue weighted by molar-refractivity contribution is 9.10. The number of nitrogen functional groups attached to an aromatic ring is 1. The highest BCUT2D eigenvalue weighted by Gasteiger charge is 2.23. The summed E-state index contributed by atoms with van der Waals surface area (Å²) in [5.41, 5.74) is 8.57. The first-order chi connectivity index (χ1) is 14.2. The summed E-state index contributed by atoms with van der Waals surface area (Å²) in [6.07, 6.45) is -0.217. The van der Waals surface area contributed by atoms with Crippen molar-refractivity contribution in [3.05, 3.63) is 76.8 Å². The third-order valence-corrected chi connectivity index (χ3v) is 5.20. The Morgan fingerprint density at radius 1 is 0.966 bits per heavy atom. The first-order valence-electron chi connectivity index (χ1n) is 9.14. The van der Waals surface area contributed by atoms with Crippen LogP contribution in [0, 0.1) is 0 Å². The van der Waals surface area contributed by atoms with Gasteiger partial charge in [-0.05, 0) is 48.0 Å². The molecule has 7 heteroatoms. The molecule has 0 spiro atoms. The summed E-state index contributed by atoms with van der Waals surface area (Å²) in [5, 5.41) is 4.20. The molecule has 144 valence electrons. The number of rotatable bonds is 3. The van der Waals surface area contributed by atoms with Crippen LogP contribution in [0.4, 0.5) is 17.5 Å². The normalized spacial score (nSPS) is 15.3. The van der Waals surface area contributed by atoms with Crippen LogP contribution in [0.2, 0.25) is 0 Å². The molecule has 1 atom stereocenters. The molecule has 0 radical (unpaired) electrons. The molecule has 29 heavy (non-hydrogen) atoms. The minimum atomic E-state index is -0.217. The molecule has 5 rings (SSSR count). The van der Waals surface area contributed by atoms with Crippen molar-refractivity contribution < 1.29 is 9.47 Å². The molecular formula is C22H17BrN4O2. The molecule has 0 saturated heterocycles. The molecule has 0 aliphatic carbocycles. The summed E-state index contributed by atoms with van der Waals surface area (Å²) < 4.78 is 13.0. The monoisotopic (exact) mass is 448 g/mol. The molecule has 1 unspecified atom stereocenters. The van der Waals surface area contributed by atoms with E-state index in [1.54, 1.807) is 0 Å². The Bertz CT molecular complexity index is 1210. The van der Waals surface area contributed by atoms with Gasteiger partial charge in [0.15, 0.2) is 17.6 Å². The number of aromatic nitrogens is 2. The summed E-state index contributed by atoms with van der Waals surface area (Å²) in [6, 6.07) is 21.5. The highest BCUT2D eigenvalue weighted by atomic mass is 79.9. The lowest BCUT2D eigenvalue weighted by molar-refractivity contribution is 0.0914. The predicted molar refractivity (Wildman–Crippen MR) is 117 cm³/mol. The van der Waals surface area contributed by atoms with E-state index < -0.39 is 0 Å². The first kappa shape index (κ1) is 17.8. The molecule has 3 N–H and O–H groups in total. The van der Waals surface area contributed by atoms with Crippen LogP contribution < -0.4 is 20.5 Å². The number of hydrogen-bond donors (Lipinski definition) is 2. The number of nitrogens with two attached hydrogens (primary N) is 1. The number of benzene rings is 3. The van der Waals surface area contributed by atoms with Crippen LogP contribution in [-0.4, -0.2) is 16.6 Å². The molecule has 1 aliphatic heterocycles. The lowest BCUT2D eigenvalue weighted by Crippen LogP contribution is -2.21. The summed E-state index contributed by atoms with van der Waals surface area (Å²) in [6.45, 7) is 0.437. The van der Waals surface area contributed by atoms with Gasteiger partial charge in [-0.3, -0.25) is 0 Å². The second-order valence-corrected chi connectivity index (χ2v) is 7.62. The Labute approximate surface area is 175 Å². The molecule has 0 saturated carbocycles.